The van der Waals surface area contributed by atoms with Crippen molar-refractivity contribution < 1.29 is 14.2 Å². The Balaban J connectivity index is 1.75. The second-order valence-corrected chi connectivity index (χ2v) is 6.68. The van der Waals surface area contributed by atoms with Crippen LogP contribution in [0.1, 0.15) is 28.3 Å². The summed E-state index contributed by atoms with van der Waals surface area (Å²) in [6.45, 7) is 2.28. The van der Waals surface area contributed by atoms with Crippen molar-refractivity contribution in [2.24, 2.45) is 5.73 Å². The van der Waals surface area contributed by atoms with Crippen molar-refractivity contribution in [3.63, 3.8) is 0 Å². The predicted molar refractivity (Wildman–Crippen MR) is 106 cm³/mol. The van der Waals surface area contributed by atoms with E-state index in [9.17, 15) is 5.26 Å². The van der Waals surface area contributed by atoms with Gasteiger partial charge in [0.1, 0.15) is 18.2 Å². The van der Waals surface area contributed by atoms with Gasteiger partial charge in [0.15, 0.2) is 11.5 Å². The van der Waals surface area contributed by atoms with Crippen LogP contribution in [0.25, 0.3) is 0 Å². The number of allylic oxidation sites excluding steroid dienone is 1. The van der Waals surface area contributed by atoms with Crippen molar-refractivity contribution in [2.45, 2.75) is 19.4 Å². The molecule has 1 aromatic heterocycles. The van der Waals surface area contributed by atoms with Crippen molar-refractivity contribution in [1.29, 1.82) is 5.26 Å². The zero-order valence-electron chi connectivity index (χ0n) is 16.1. The smallest absolute Gasteiger partial charge is 0.244 e. The van der Waals surface area contributed by atoms with Gasteiger partial charge >= 0.3 is 0 Å². The van der Waals surface area contributed by atoms with E-state index in [2.05, 4.69) is 16.3 Å². The standard InChI is InChI=1S/C22H20N4O3/c1-13-19-20(16(11-23)21(24)29-22(19)26-25-13)15-8-9-17(27-2)18(10-15)28-12-14-6-4-3-5-7-14/h3-10,20H,12,24H2,1-2H3,(H,25,26). The molecule has 0 spiro atoms. The summed E-state index contributed by atoms with van der Waals surface area (Å²) in [6, 6.07) is 17.6. The molecule has 2 aromatic carbocycles. The van der Waals surface area contributed by atoms with Gasteiger partial charge in [-0.25, -0.2) is 0 Å². The first kappa shape index (κ1) is 18.4. The number of H-pyrrole nitrogens is 1. The van der Waals surface area contributed by atoms with Crippen LogP contribution in [0.3, 0.4) is 0 Å². The highest BCUT2D eigenvalue weighted by atomic mass is 16.5. The lowest BCUT2D eigenvalue weighted by molar-refractivity contribution is 0.284. The van der Waals surface area contributed by atoms with Crippen molar-refractivity contribution >= 4 is 0 Å². The Morgan fingerprint density at radius 2 is 2.00 bits per heavy atom. The highest BCUT2D eigenvalue weighted by molar-refractivity contribution is 5.57. The molecule has 0 radical (unpaired) electrons. The molecule has 7 nitrogen and oxygen atoms in total. The molecular weight excluding hydrogens is 368 g/mol. The summed E-state index contributed by atoms with van der Waals surface area (Å²) in [5, 5.41) is 16.8. The van der Waals surface area contributed by atoms with Crippen molar-refractivity contribution in [3.05, 3.63) is 82.4 Å². The van der Waals surface area contributed by atoms with E-state index in [0.29, 0.717) is 29.6 Å². The summed E-state index contributed by atoms with van der Waals surface area (Å²) in [4.78, 5) is 0. The molecule has 146 valence electrons. The summed E-state index contributed by atoms with van der Waals surface area (Å²) in [7, 11) is 1.59. The number of nitrogens with zero attached hydrogens (tertiary/aromatic N) is 2. The second-order valence-electron chi connectivity index (χ2n) is 6.68. The minimum Gasteiger partial charge on any atom is -0.493 e. The topological polar surface area (TPSA) is 106 Å². The third-order valence-corrected chi connectivity index (χ3v) is 4.89. The van der Waals surface area contributed by atoms with E-state index in [1.807, 2.05) is 55.5 Å². The minimum atomic E-state index is -0.410. The molecule has 0 amide bonds. The van der Waals surface area contributed by atoms with Gasteiger partial charge in [0.05, 0.1) is 13.0 Å². The number of benzene rings is 2. The average Bonchev–Trinajstić information content (AvgIpc) is 3.11. The quantitative estimate of drug-likeness (QED) is 0.693. The van der Waals surface area contributed by atoms with Gasteiger partial charge in [-0.1, -0.05) is 36.4 Å². The Morgan fingerprint density at radius 3 is 2.72 bits per heavy atom. The highest BCUT2D eigenvalue weighted by Crippen LogP contribution is 2.44. The van der Waals surface area contributed by atoms with Crippen LogP contribution in [0.5, 0.6) is 17.4 Å². The number of rotatable bonds is 5. The molecule has 0 saturated heterocycles. The van der Waals surface area contributed by atoms with Crippen LogP contribution in [0.2, 0.25) is 0 Å². The Kier molecular flexibility index (Phi) is 4.83. The molecule has 4 rings (SSSR count). The molecule has 1 aliphatic heterocycles. The summed E-state index contributed by atoms with van der Waals surface area (Å²) in [5.74, 6) is 1.22. The largest absolute Gasteiger partial charge is 0.493 e. The van der Waals surface area contributed by atoms with Crippen molar-refractivity contribution in [2.75, 3.05) is 7.11 Å². The third kappa shape index (κ3) is 3.36. The average molecular weight is 388 g/mol. The molecular formula is C22H20N4O3. The monoisotopic (exact) mass is 388 g/mol. The molecule has 7 heteroatoms. The van der Waals surface area contributed by atoms with Gasteiger partial charge in [0, 0.05) is 11.3 Å². The zero-order valence-corrected chi connectivity index (χ0v) is 16.1. The van der Waals surface area contributed by atoms with E-state index in [-0.39, 0.29) is 5.88 Å². The molecule has 0 fully saturated rings. The highest BCUT2D eigenvalue weighted by Gasteiger charge is 2.34. The van der Waals surface area contributed by atoms with Gasteiger partial charge in [-0.3, -0.25) is 5.10 Å². The van der Waals surface area contributed by atoms with Crippen LogP contribution in [0.15, 0.2) is 60.0 Å². The fourth-order valence-electron chi connectivity index (χ4n) is 3.45. The number of ether oxygens (including phenoxy) is 3. The van der Waals surface area contributed by atoms with Gasteiger partial charge in [-0.05, 0) is 30.2 Å². The number of aryl methyl sites for hydroxylation is 1. The number of methoxy groups -OCH3 is 1. The predicted octanol–water partition coefficient (Wildman–Crippen LogP) is 3.52. The summed E-state index contributed by atoms with van der Waals surface area (Å²) in [6.07, 6.45) is 0. The van der Waals surface area contributed by atoms with Crippen LogP contribution in [0.4, 0.5) is 0 Å². The molecule has 0 aliphatic carbocycles. The van der Waals surface area contributed by atoms with Gasteiger partial charge < -0.3 is 19.9 Å². The molecule has 0 bridgehead atoms. The Hall–Kier alpha value is -3.92. The van der Waals surface area contributed by atoms with E-state index in [4.69, 9.17) is 19.9 Å². The molecule has 2 heterocycles. The normalized spacial score (nSPS) is 15.3. The van der Waals surface area contributed by atoms with Gasteiger partial charge in [-0.15, -0.1) is 5.10 Å². The zero-order chi connectivity index (χ0) is 20.4. The van der Waals surface area contributed by atoms with Crippen LogP contribution >= 0.6 is 0 Å². The number of nitriles is 1. The SMILES string of the molecule is COc1ccc(C2C(C#N)=C(N)Oc3n[nH]c(C)c32)cc1OCc1ccccc1. The lowest BCUT2D eigenvalue weighted by atomic mass is 9.84. The molecule has 29 heavy (non-hydrogen) atoms. The molecule has 1 aliphatic rings. The number of hydrogen-bond donors (Lipinski definition) is 2. The number of fused-ring (bicyclic) bond motifs is 1. The first-order valence-corrected chi connectivity index (χ1v) is 9.09. The molecule has 3 aromatic rings. The van der Waals surface area contributed by atoms with Gasteiger partial charge in [-0.2, -0.15) is 5.26 Å². The van der Waals surface area contributed by atoms with Crippen LogP contribution in [-0.4, -0.2) is 17.3 Å². The van der Waals surface area contributed by atoms with E-state index in [1.165, 1.54) is 0 Å². The number of hydrogen-bond acceptors (Lipinski definition) is 6. The van der Waals surface area contributed by atoms with E-state index in [0.717, 1.165) is 22.4 Å². The molecule has 3 N–H and O–H groups in total. The fraction of sp³-hybridized carbons (Fsp3) is 0.182. The summed E-state index contributed by atoms with van der Waals surface area (Å²) >= 11 is 0. The minimum absolute atomic E-state index is 0.0547. The third-order valence-electron chi connectivity index (χ3n) is 4.89. The van der Waals surface area contributed by atoms with Gasteiger partial charge in [0.2, 0.25) is 11.8 Å². The first-order chi connectivity index (χ1) is 14.1. The number of nitrogens with two attached hydrogens (primary N) is 1. The van der Waals surface area contributed by atoms with Crippen molar-refractivity contribution in [3.8, 4) is 23.4 Å². The van der Waals surface area contributed by atoms with Crippen LogP contribution < -0.4 is 19.9 Å². The maximum absolute atomic E-state index is 9.71. The van der Waals surface area contributed by atoms with Crippen LogP contribution in [-0.2, 0) is 6.61 Å². The molecule has 1 atom stereocenters. The van der Waals surface area contributed by atoms with Crippen molar-refractivity contribution in [1.82, 2.24) is 10.2 Å². The number of aromatic amines is 1. The fourth-order valence-corrected chi connectivity index (χ4v) is 3.45. The maximum atomic E-state index is 9.71. The number of aromatic nitrogens is 2. The van der Waals surface area contributed by atoms with E-state index < -0.39 is 5.92 Å². The van der Waals surface area contributed by atoms with E-state index >= 15 is 0 Å². The van der Waals surface area contributed by atoms with Gasteiger partial charge in [0.25, 0.3) is 0 Å². The maximum Gasteiger partial charge on any atom is 0.244 e. The lowest BCUT2D eigenvalue weighted by Gasteiger charge is -2.24. The summed E-state index contributed by atoms with van der Waals surface area (Å²) in [5.41, 5.74) is 9.81. The Labute approximate surface area is 168 Å². The lowest BCUT2D eigenvalue weighted by Crippen LogP contribution is -2.21. The first-order valence-electron chi connectivity index (χ1n) is 9.09. The number of nitrogens with one attached hydrogen (secondary N) is 1. The molecule has 0 saturated carbocycles. The van der Waals surface area contributed by atoms with Crippen LogP contribution in [0, 0.1) is 18.3 Å². The van der Waals surface area contributed by atoms with E-state index in [1.54, 1.807) is 7.11 Å². The Morgan fingerprint density at radius 1 is 1.21 bits per heavy atom. The summed E-state index contributed by atoms with van der Waals surface area (Å²) < 4.78 is 17.0. The molecule has 1 unspecified atom stereocenters. The Bertz CT molecular complexity index is 1110. The second kappa shape index (κ2) is 7.60.